The number of nitrogens with two attached hydrogens (primary N) is 1. The molecule has 0 unspecified atom stereocenters. The Morgan fingerprint density at radius 3 is 2.77 bits per heavy atom. The molecule has 4 nitrogen and oxygen atoms in total. The normalized spacial score (nSPS) is 15.8. The van der Waals surface area contributed by atoms with Crippen molar-refractivity contribution in [2.24, 2.45) is 5.14 Å². The lowest BCUT2D eigenvalue weighted by atomic mass is 10.1. The van der Waals surface area contributed by atoms with E-state index >= 15 is 0 Å². The van der Waals surface area contributed by atoms with Gasteiger partial charge in [-0.25, -0.2) is 13.6 Å². The summed E-state index contributed by atoms with van der Waals surface area (Å²) in [6, 6.07) is 5.16. The van der Waals surface area contributed by atoms with Gasteiger partial charge in [-0.2, -0.15) is 0 Å². The molecule has 0 spiro atoms. The molecule has 13 heavy (non-hydrogen) atoms. The van der Waals surface area contributed by atoms with Crippen LogP contribution in [0.3, 0.4) is 0 Å². The maximum atomic E-state index is 11.1. The number of nitrogens with one attached hydrogen (secondary N) is 1. The first kappa shape index (κ1) is 8.68. The molecular weight excluding hydrogens is 188 g/mol. The average molecular weight is 198 g/mol. The number of hydrogen-bond donors (Lipinski definition) is 2. The molecule has 0 radical (unpaired) electrons. The molecule has 1 aliphatic rings. The number of primary sulfonamides is 1. The zero-order valence-electron chi connectivity index (χ0n) is 6.95. The van der Waals surface area contributed by atoms with Crippen molar-refractivity contribution in [2.45, 2.75) is 18.0 Å². The Morgan fingerprint density at radius 2 is 2.08 bits per heavy atom. The Labute approximate surface area is 76.8 Å². The van der Waals surface area contributed by atoms with Gasteiger partial charge in [0, 0.05) is 13.1 Å². The first-order chi connectivity index (χ1) is 6.09. The van der Waals surface area contributed by atoms with Crippen LogP contribution in [0.15, 0.2) is 23.1 Å². The predicted molar refractivity (Wildman–Crippen MR) is 48.4 cm³/mol. The van der Waals surface area contributed by atoms with Gasteiger partial charge in [-0.3, -0.25) is 0 Å². The zero-order chi connectivity index (χ0) is 9.47. The highest BCUT2D eigenvalue weighted by molar-refractivity contribution is 7.89. The Bertz CT molecular complexity index is 439. The number of hydrogen-bond acceptors (Lipinski definition) is 3. The summed E-state index contributed by atoms with van der Waals surface area (Å²) < 4.78 is 22.3. The van der Waals surface area contributed by atoms with Crippen molar-refractivity contribution < 1.29 is 8.42 Å². The van der Waals surface area contributed by atoms with Crippen molar-refractivity contribution in [1.29, 1.82) is 0 Å². The Balaban J connectivity index is 2.67. The maximum absolute atomic E-state index is 11.1. The maximum Gasteiger partial charge on any atom is 0.238 e. The zero-order valence-corrected chi connectivity index (χ0v) is 7.76. The molecule has 1 heterocycles. The summed E-state index contributed by atoms with van der Waals surface area (Å²) in [6.45, 7) is 1.31. The van der Waals surface area contributed by atoms with E-state index in [0.717, 1.165) is 17.7 Å². The Hall–Kier alpha value is -0.910. The van der Waals surface area contributed by atoms with Crippen molar-refractivity contribution in [3.63, 3.8) is 0 Å². The molecule has 0 saturated carbocycles. The molecule has 0 aromatic heterocycles. The minimum Gasteiger partial charge on any atom is -0.309 e. The topological polar surface area (TPSA) is 72.2 Å². The second-order valence-corrected chi connectivity index (χ2v) is 4.57. The van der Waals surface area contributed by atoms with E-state index in [0.29, 0.717) is 6.54 Å². The van der Waals surface area contributed by atoms with E-state index in [-0.39, 0.29) is 4.90 Å². The van der Waals surface area contributed by atoms with Crippen LogP contribution in [0, 0.1) is 0 Å². The molecule has 70 valence electrons. The molecule has 3 N–H and O–H groups in total. The van der Waals surface area contributed by atoms with Crippen molar-refractivity contribution in [1.82, 2.24) is 5.32 Å². The summed E-state index contributed by atoms with van der Waals surface area (Å²) in [6.07, 6.45) is 0. The summed E-state index contributed by atoms with van der Waals surface area (Å²) in [5.41, 5.74) is 1.83. The van der Waals surface area contributed by atoms with Gasteiger partial charge >= 0.3 is 0 Å². The van der Waals surface area contributed by atoms with Gasteiger partial charge in [-0.1, -0.05) is 12.1 Å². The minimum absolute atomic E-state index is 0.245. The fourth-order valence-electron chi connectivity index (χ4n) is 1.57. The minimum atomic E-state index is -3.57. The van der Waals surface area contributed by atoms with Crippen molar-refractivity contribution in [3.05, 3.63) is 29.3 Å². The monoisotopic (exact) mass is 198 g/mol. The Morgan fingerprint density at radius 1 is 1.31 bits per heavy atom. The van der Waals surface area contributed by atoms with Crippen LogP contribution in [0.2, 0.25) is 0 Å². The number of fused-ring (bicyclic) bond motifs is 1. The molecule has 0 fully saturated rings. The van der Waals surface area contributed by atoms with Gasteiger partial charge in [-0.05, 0) is 17.2 Å². The molecule has 0 amide bonds. The quantitative estimate of drug-likeness (QED) is 0.664. The van der Waals surface area contributed by atoms with E-state index in [1.165, 1.54) is 0 Å². The van der Waals surface area contributed by atoms with Crippen LogP contribution < -0.4 is 10.5 Å². The highest BCUT2D eigenvalue weighted by atomic mass is 32.2. The molecule has 2 rings (SSSR count). The van der Waals surface area contributed by atoms with Crippen LogP contribution in [0.4, 0.5) is 0 Å². The van der Waals surface area contributed by atoms with Crippen LogP contribution in [-0.4, -0.2) is 8.42 Å². The van der Waals surface area contributed by atoms with Crippen LogP contribution >= 0.6 is 0 Å². The number of benzene rings is 1. The van der Waals surface area contributed by atoms with E-state index in [4.69, 9.17) is 5.14 Å². The molecule has 0 aliphatic carbocycles. The first-order valence-electron chi connectivity index (χ1n) is 3.93. The van der Waals surface area contributed by atoms with Crippen molar-refractivity contribution in [3.8, 4) is 0 Å². The Kier molecular flexibility index (Phi) is 1.87. The number of rotatable bonds is 1. The van der Waals surface area contributed by atoms with E-state index in [1.54, 1.807) is 12.1 Å². The van der Waals surface area contributed by atoms with E-state index in [1.807, 2.05) is 6.07 Å². The highest BCUT2D eigenvalue weighted by Gasteiger charge is 2.19. The lowest BCUT2D eigenvalue weighted by molar-refractivity contribution is 0.596. The third-order valence-electron chi connectivity index (χ3n) is 2.15. The molecule has 0 atom stereocenters. The lowest BCUT2D eigenvalue weighted by Gasteiger charge is -2.03. The van der Waals surface area contributed by atoms with E-state index < -0.39 is 10.0 Å². The standard InChI is InChI=1S/C8H10N2O2S/c9-13(11,12)8-3-1-2-6-4-10-5-7(6)8/h1-3,10H,4-5H2,(H2,9,11,12). The second-order valence-electron chi connectivity index (χ2n) is 3.04. The molecule has 1 aromatic rings. The van der Waals surface area contributed by atoms with Crippen LogP contribution in [-0.2, 0) is 23.1 Å². The van der Waals surface area contributed by atoms with Crippen molar-refractivity contribution in [2.75, 3.05) is 0 Å². The van der Waals surface area contributed by atoms with E-state index in [2.05, 4.69) is 5.32 Å². The summed E-state index contributed by atoms with van der Waals surface area (Å²) >= 11 is 0. The summed E-state index contributed by atoms with van der Waals surface area (Å²) in [5, 5.41) is 8.15. The second kappa shape index (κ2) is 2.80. The molecule has 1 aromatic carbocycles. The van der Waals surface area contributed by atoms with Gasteiger partial charge < -0.3 is 5.32 Å². The molecule has 0 saturated heterocycles. The summed E-state index contributed by atoms with van der Waals surface area (Å²) in [7, 11) is -3.57. The van der Waals surface area contributed by atoms with Gasteiger partial charge in [-0.15, -0.1) is 0 Å². The van der Waals surface area contributed by atoms with Gasteiger partial charge in [0.25, 0.3) is 0 Å². The third-order valence-corrected chi connectivity index (χ3v) is 3.15. The highest BCUT2D eigenvalue weighted by Crippen LogP contribution is 2.22. The third kappa shape index (κ3) is 1.46. The molecule has 0 bridgehead atoms. The SMILES string of the molecule is NS(=O)(=O)c1cccc2c1CNC2. The van der Waals surface area contributed by atoms with Gasteiger partial charge in [0.1, 0.15) is 0 Å². The molecular formula is C8H10N2O2S. The fourth-order valence-corrected chi connectivity index (χ4v) is 2.38. The fraction of sp³-hybridized carbons (Fsp3) is 0.250. The van der Waals surface area contributed by atoms with Crippen LogP contribution in [0.25, 0.3) is 0 Å². The average Bonchev–Trinajstić information content (AvgIpc) is 2.48. The molecule has 5 heteroatoms. The van der Waals surface area contributed by atoms with Gasteiger partial charge in [0.05, 0.1) is 4.90 Å². The number of sulfonamides is 1. The van der Waals surface area contributed by atoms with E-state index in [9.17, 15) is 8.42 Å². The lowest BCUT2D eigenvalue weighted by Crippen LogP contribution is -2.14. The summed E-state index contributed by atoms with van der Waals surface area (Å²) in [5.74, 6) is 0. The van der Waals surface area contributed by atoms with Gasteiger partial charge in [0.2, 0.25) is 10.0 Å². The van der Waals surface area contributed by atoms with Gasteiger partial charge in [0.15, 0.2) is 0 Å². The molecule has 1 aliphatic heterocycles. The largest absolute Gasteiger partial charge is 0.309 e. The first-order valence-corrected chi connectivity index (χ1v) is 5.48. The van der Waals surface area contributed by atoms with Crippen LogP contribution in [0.5, 0.6) is 0 Å². The predicted octanol–water partition coefficient (Wildman–Crippen LogP) is -0.0628. The smallest absolute Gasteiger partial charge is 0.238 e. The van der Waals surface area contributed by atoms with Crippen molar-refractivity contribution >= 4 is 10.0 Å². The van der Waals surface area contributed by atoms with Crippen LogP contribution in [0.1, 0.15) is 11.1 Å². The summed E-state index contributed by atoms with van der Waals surface area (Å²) in [4.78, 5) is 0.245.